The number of aryl methyl sites for hydroxylation is 2. The molecule has 1 aromatic carbocycles. The van der Waals surface area contributed by atoms with Crippen LogP contribution in [0.3, 0.4) is 0 Å². The lowest BCUT2D eigenvalue weighted by Crippen LogP contribution is -2.27. The molecule has 3 aromatic heterocycles. The van der Waals surface area contributed by atoms with Gasteiger partial charge < -0.3 is 5.32 Å². The number of nitrogens with one attached hydrogen (secondary N) is 1. The van der Waals surface area contributed by atoms with Gasteiger partial charge in [0.15, 0.2) is 0 Å². The molecule has 1 N–H and O–H groups in total. The summed E-state index contributed by atoms with van der Waals surface area (Å²) in [6.45, 7) is 3.88. The zero-order chi connectivity index (χ0) is 25.4. The number of nitrogens with zero attached hydrogens (tertiary/aromatic N) is 5. The molecular formula is C27H27ClN6O2. The molecule has 2 bridgehead atoms. The average molecular weight is 503 g/mol. The number of pyridine rings is 1. The van der Waals surface area contributed by atoms with E-state index in [1.54, 1.807) is 34.0 Å². The van der Waals surface area contributed by atoms with Gasteiger partial charge in [-0.15, -0.1) is 0 Å². The highest BCUT2D eigenvalue weighted by molar-refractivity contribution is 6.30. The largest absolute Gasteiger partial charge is 0.323 e. The lowest BCUT2D eigenvalue weighted by Gasteiger charge is -2.22. The molecule has 0 saturated carbocycles. The van der Waals surface area contributed by atoms with E-state index >= 15 is 0 Å². The van der Waals surface area contributed by atoms with Gasteiger partial charge in [-0.1, -0.05) is 31.0 Å². The Hall–Kier alpha value is -3.78. The van der Waals surface area contributed by atoms with Crippen molar-refractivity contribution < 1.29 is 4.79 Å². The maximum atomic E-state index is 13.4. The topological polar surface area (TPSA) is 94.7 Å². The molecular weight excluding hydrogens is 476 g/mol. The fraction of sp³-hybridized carbons (Fsp3) is 0.296. The normalized spacial score (nSPS) is 18.1. The molecule has 5 rings (SSSR count). The summed E-state index contributed by atoms with van der Waals surface area (Å²) in [4.78, 5) is 35.5. The highest BCUT2D eigenvalue weighted by Gasteiger charge is 2.24. The second-order valence-electron chi connectivity index (χ2n) is 9.32. The minimum Gasteiger partial charge on any atom is -0.323 e. The Labute approximate surface area is 214 Å². The van der Waals surface area contributed by atoms with Crippen molar-refractivity contribution in [3.8, 4) is 22.5 Å². The van der Waals surface area contributed by atoms with Crippen LogP contribution in [0.2, 0.25) is 5.02 Å². The first-order valence-electron chi connectivity index (χ1n) is 12.0. The molecule has 0 aliphatic carbocycles. The van der Waals surface area contributed by atoms with Crippen molar-refractivity contribution >= 4 is 23.2 Å². The number of carbonyl (C=O) groups is 1. The number of hydrogen-bond donors (Lipinski definition) is 1. The molecule has 1 aliphatic rings. The summed E-state index contributed by atoms with van der Waals surface area (Å²) in [6, 6.07) is 10.6. The van der Waals surface area contributed by atoms with Gasteiger partial charge in [0.1, 0.15) is 0 Å². The van der Waals surface area contributed by atoms with Gasteiger partial charge in [-0.05, 0) is 49.6 Å². The molecule has 1 amide bonds. The number of hydrogen-bond acceptors (Lipinski definition) is 5. The number of halogens is 1. The van der Waals surface area contributed by atoms with Crippen LogP contribution in [0.1, 0.15) is 43.5 Å². The number of benzene rings is 1. The first-order chi connectivity index (χ1) is 17.3. The lowest BCUT2D eigenvalue weighted by molar-refractivity contribution is -0.119. The van der Waals surface area contributed by atoms with E-state index in [9.17, 15) is 9.59 Å². The van der Waals surface area contributed by atoms with E-state index in [1.165, 1.54) is 0 Å². The lowest BCUT2D eigenvalue weighted by atomic mass is 9.97. The molecule has 2 atom stereocenters. The van der Waals surface area contributed by atoms with Crippen LogP contribution in [-0.2, 0) is 11.8 Å². The van der Waals surface area contributed by atoms with Crippen molar-refractivity contribution in [2.45, 2.75) is 39.2 Å². The number of amides is 1. The standard InChI is InChI=1S/C27H27ClN6O2/c1-16-7-8-19(28)12-20(16)21-13-25(35)34(15-30-21)24-6-4-5-17(2)27(36)32-23-14-31-33(3)26(23)18-9-10-29-22(24)11-18/h7-15,17,24H,4-6H2,1-3H3,(H,32,36). The van der Waals surface area contributed by atoms with E-state index in [2.05, 4.69) is 20.4 Å². The number of aromatic nitrogens is 5. The van der Waals surface area contributed by atoms with Crippen molar-refractivity contribution in [2.24, 2.45) is 13.0 Å². The van der Waals surface area contributed by atoms with Crippen molar-refractivity contribution in [2.75, 3.05) is 5.32 Å². The first kappa shape index (κ1) is 23.9. The Bertz CT molecular complexity index is 1510. The Morgan fingerprint density at radius 3 is 2.72 bits per heavy atom. The van der Waals surface area contributed by atoms with Gasteiger partial charge in [-0.25, -0.2) is 4.98 Å². The van der Waals surface area contributed by atoms with E-state index in [-0.39, 0.29) is 23.4 Å². The van der Waals surface area contributed by atoms with E-state index < -0.39 is 0 Å². The van der Waals surface area contributed by atoms with Crippen LogP contribution in [0.25, 0.3) is 22.5 Å². The third-order valence-corrected chi connectivity index (χ3v) is 7.04. The highest BCUT2D eigenvalue weighted by Crippen LogP contribution is 2.32. The number of fused-ring (bicyclic) bond motifs is 4. The van der Waals surface area contributed by atoms with Crippen LogP contribution in [0.4, 0.5) is 5.69 Å². The molecule has 4 heterocycles. The van der Waals surface area contributed by atoms with Crippen LogP contribution in [0, 0.1) is 12.8 Å². The van der Waals surface area contributed by atoms with Crippen LogP contribution in [-0.4, -0.2) is 30.2 Å². The molecule has 8 nitrogen and oxygen atoms in total. The summed E-state index contributed by atoms with van der Waals surface area (Å²) in [5.74, 6) is -0.233. The van der Waals surface area contributed by atoms with Crippen LogP contribution in [0.5, 0.6) is 0 Å². The monoisotopic (exact) mass is 502 g/mol. The molecule has 0 spiro atoms. The minimum atomic E-state index is -0.328. The quantitative estimate of drug-likeness (QED) is 0.415. The predicted molar refractivity (Wildman–Crippen MR) is 140 cm³/mol. The van der Waals surface area contributed by atoms with Crippen molar-refractivity contribution in [1.29, 1.82) is 0 Å². The summed E-state index contributed by atoms with van der Waals surface area (Å²) in [5, 5.41) is 7.97. The SMILES string of the molecule is Cc1ccc(Cl)cc1-c1cc(=O)n(C2CCCC(C)C(=O)Nc3cnn(C)c3-c3ccnc2c3)cn1. The highest BCUT2D eigenvalue weighted by atomic mass is 35.5. The van der Waals surface area contributed by atoms with Crippen LogP contribution < -0.4 is 10.9 Å². The van der Waals surface area contributed by atoms with Crippen molar-refractivity contribution in [3.63, 3.8) is 0 Å². The molecule has 36 heavy (non-hydrogen) atoms. The summed E-state index contributed by atoms with van der Waals surface area (Å²) >= 11 is 6.19. The minimum absolute atomic E-state index is 0.0456. The van der Waals surface area contributed by atoms with E-state index in [0.29, 0.717) is 29.2 Å². The van der Waals surface area contributed by atoms with E-state index in [4.69, 9.17) is 11.6 Å². The fourth-order valence-corrected chi connectivity index (χ4v) is 4.92. The van der Waals surface area contributed by atoms with Gasteiger partial charge in [-0.3, -0.25) is 23.8 Å². The average Bonchev–Trinajstić information content (AvgIpc) is 3.22. The summed E-state index contributed by atoms with van der Waals surface area (Å²) in [5.41, 5.74) is 5.29. The Morgan fingerprint density at radius 2 is 1.92 bits per heavy atom. The first-order valence-corrected chi connectivity index (χ1v) is 12.3. The van der Waals surface area contributed by atoms with Gasteiger partial charge >= 0.3 is 0 Å². The van der Waals surface area contributed by atoms with Gasteiger partial charge in [-0.2, -0.15) is 5.10 Å². The summed E-state index contributed by atoms with van der Waals surface area (Å²) in [7, 11) is 1.84. The van der Waals surface area contributed by atoms with Crippen molar-refractivity contribution in [1.82, 2.24) is 24.3 Å². The second-order valence-corrected chi connectivity index (χ2v) is 9.75. The Kier molecular flexibility index (Phi) is 6.45. The molecule has 0 fully saturated rings. The zero-order valence-electron chi connectivity index (χ0n) is 20.4. The van der Waals surface area contributed by atoms with Gasteiger partial charge in [0.25, 0.3) is 5.56 Å². The van der Waals surface area contributed by atoms with Crippen LogP contribution in [0.15, 0.2) is 59.9 Å². The molecule has 9 heteroatoms. The number of anilines is 1. The third-order valence-electron chi connectivity index (χ3n) is 6.80. The van der Waals surface area contributed by atoms with Crippen molar-refractivity contribution in [3.05, 3.63) is 81.8 Å². The number of carbonyl (C=O) groups excluding carboxylic acids is 1. The predicted octanol–water partition coefficient (Wildman–Crippen LogP) is 5.02. The fourth-order valence-electron chi connectivity index (χ4n) is 4.74. The number of rotatable bonds is 2. The summed E-state index contributed by atoms with van der Waals surface area (Å²) < 4.78 is 3.37. The van der Waals surface area contributed by atoms with E-state index in [1.807, 2.05) is 51.2 Å². The molecule has 0 saturated heterocycles. The molecule has 4 aromatic rings. The smallest absolute Gasteiger partial charge is 0.254 e. The maximum Gasteiger partial charge on any atom is 0.254 e. The summed E-state index contributed by atoms with van der Waals surface area (Å²) in [6.07, 6.45) is 7.05. The molecule has 1 aliphatic heterocycles. The maximum absolute atomic E-state index is 13.4. The van der Waals surface area contributed by atoms with E-state index in [0.717, 1.165) is 34.5 Å². The second kappa shape index (κ2) is 9.70. The van der Waals surface area contributed by atoms with Gasteiger partial charge in [0.2, 0.25) is 5.91 Å². The zero-order valence-corrected chi connectivity index (χ0v) is 21.2. The van der Waals surface area contributed by atoms with Gasteiger partial charge in [0.05, 0.1) is 41.3 Å². The Morgan fingerprint density at radius 1 is 1.08 bits per heavy atom. The molecule has 2 unspecified atom stereocenters. The molecule has 0 radical (unpaired) electrons. The Balaban J connectivity index is 1.60. The molecule has 184 valence electrons. The third kappa shape index (κ3) is 4.56. The van der Waals surface area contributed by atoms with Gasteiger partial charge in [0, 0.05) is 41.4 Å². The van der Waals surface area contributed by atoms with Crippen LogP contribution >= 0.6 is 11.6 Å².